The second kappa shape index (κ2) is 9.87. The summed E-state index contributed by atoms with van der Waals surface area (Å²) in [6.07, 6.45) is -0.155. The Morgan fingerprint density at radius 1 is 1.15 bits per heavy atom. The van der Waals surface area contributed by atoms with Crippen LogP contribution in [0.2, 0.25) is 0 Å². The Labute approximate surface area is 190 Å². The topological polar surface area (TPSA) is 57.4 Å². The Hall–Kier alpha value is -3.00. The maximum Gasteiger partial charge on any atom is 0.401 e. The SMILES string of the molecule is CC(=O)Nc1c[nH]c2ccc(CCOc3ccc(C4CCN(CC(F)(F)F)CC4)cc3)cc12. The van der Waals surface area contributed by atoms with Crippen LogP contribution in [-0.4, -0.2) is 48.2 Å². The smallest absolute Gasteiger partial charge is 0.401 e. The van der Waals surface area contributed by atoms with E-state index in [1.165, 1.54) is 11.8 Å². The first kappa shape index (κ1) is 23.2. The molecule has 2 aromatic carbocycles. The van der Waals surface area contributed by atoms with Gasteiger partial charge in [0.1, 0.15) is 5.75 Å². The molecule has 1 aliphatic heterocycles. The average molecular weight is 460 g/mol. The van der Waals surface area contributed by atoms with Crippen LogP contribution in [0.5, 0.6) is 5.75 Å². The molecule has 2 N–H and O–H groups in total. The summed E-state index contributed by atoms with van der Waals surface area (Å²) in [5.41, 5.74) is 3.98. The van der Waals surface area contributed by atoms with Crippen molar-refractivity contribution < 1.29 is 22.7 Å². The van der Waals surface area contributed by atoms with Crippen molar-refractivity contribution in [3.05, 3.63) is 59.8 Å². The average Bonchev–Trinajstić information content (AvgIpc) is 3.15. The van der Waals surface area contributed by atoms with Gasteiger partial charge in [-0.15, -0.1) is 0 Å². The minimum atomic E-state index is -4.13. The largest absolute Gasteiger partial charge is 0.493 e. The van der Waals surface area contributed by atoms with Gasteiger partial charge in [-0.05, 0) is 67.2 Å². The second-order valence-electron chi connectivity index (χ2n) is 8.60. The fourth-order valence-corrected chi connectivity index (χ4v) is 4.42. The number of nitrogens with one attached hydrogen (secondary N) is 2. The van der Waals surface area contributed by atoms with Gasteiger partial charge in [0.15, 0.2) is 0 Å². The van der Waals surface area contributed by atoms with Crippen molar-refractivity contribution in [1.82, 2.24) is 9.88 Å². The number of halogens is 3. The number of nitrogens with zero attached hydrogens (tertiary/aromatic N) is 1. The van der Waals surface area contributed by atoms with Gasteiger partial charge in [-0.25, -0.2) is 0 Å². The molecule has 4 rings (SSSR count). The lowest BCUT2D eigenvalue weighted by Crippen LogP contribution is -2.39. The Morgan fingerprint density at radius 3 is 2.55 bits per heavy atom. The number of ether oxygens (including phenoxy) is 1. The van der Waals surface area contributed by atoms with Crippen LogP contribution in [0.25, 0.3) is 10.9 Å². The maximum absolute atomic E-state index is 12.6. The van der Waals surface area contributed by atoms with Crippen molar-refractivity contribution in [1.29, 1.82) is 0 Å². The van der Waals surface area contributed by atoms with Crippen molar-refractivity contribution in [2.75, 3.05) is 31.6 Å². The molecule has 0 unspecified atom stereocenters. The zero-order valence-electron chi connectivity index (χ0n) is 18.5. The van der Waals surface area contributed by atoms with Gasteiger partial charge in [-0.2, -0.15) is 13.2 Å². The number of aromatic amines is 1. The van der Waals surface area contributed by atoms with E-state index < -0.39 is 12.7 Å². The molecule has 3 aromatic rings. The molecule has 0 bridgehead atoms. The number of hydrogen-bond donors (Lipinski definition) is 2. The van der Waals surface area contributed by atoms with Crippen LogP contribution >= 0.6 is 0 Å². The summed E-state index contributed by atoms with van der Waals surface area (Å²) in [5, 5.41) is 3.79. The van der Waals surface area contributed by atoms with E-state index in [-0.39, 0.29) is 11.8 Å². The highest BCUT2D eigenvalue weighted by Gasteiger charge is 2.32. The lowest BCUT2D eigenvalue weighted by atomic mass is 9.89. The summed E-state index contributed by atoms with van der Waals surface area (Å²) < 4.78 is 43.6. The number of carbonyl (C=O) groups is 1. The molecule has 1 aliphatic rings. The second-order valence-corrected chi connectivity index (χ2v) is 8.60. The number of fused-ring (bicyclic) bond motifs is 1. The van der Waals surface area contributed by atoms with Crippen LogP contribution in [-0.2, 0) is 11.2 Å². The molecule has 8 heteroatoms. The molecule has 33 heavy (non-hydrogen) atoms. The summed E-state index contributed by atoms with van der Waals surface area (Å²) in [7, 11) is 0. The van der Waals surface area contributed by atoms with E-state index in [0.29, 0.717) is 19.7 Å². The standard InChI is InChI=1S/C25H28F3N3O2/c1-17(32)30-24-15-29-23-7-2-18(14-22(23)24)10-13-33-21-5-3-19(4-6-21)20-8-11-31(12-9-20)16-25(26,27)28/h2-7,14-15,20,29H,8-13,16H2,1H3,(H,30,32). The number of piperidine rings is 1. The van der Waals surface area contributed by atoms with E-state index in [1.54, 1.807) is 6.20 Å². The highest BCUT2D eigenvalue weighted by Crippen LogP contribution is 2.31. The van der Waals surface area contributed by atoms with Gasteiger partial charge in [0.2, 0.25) is 5.91 Å². The number of aromatic nitrogens is 1. The number of alkyl halides is 3. The van der Waals surface area contributed by atoms with Gasteiger partial charge in [0, 0.05) is 30.4 Å². The number of likely N-dealkylation sites (tertiary alicyclic amines) is 1. The molecule has 0 aliphatic carbocycles. The molecule has 1 saturated heterocycles. The summed E-state index contributed by atoms with van der Waals surface area (Å²) in [6, 6.07) is 14.0. The third kappa shape index (κ3) is 6.28. The van der Waals surface area contributed by atoms with Crippen molar-refractivity contribution in [3.63, 3.8) is 0 Å². The lowest BCUT2D eigenvalue weighted by Gasteiger charge is -2.32. The van der Waals surface area contributed by atoms with Gasteiger partial charge in [-0.3, -0.25) is 9.69 Å². The quantitative estimate of drug-likeness (QED) is 0.491. The molecule has 1 amide bonds. The predicted octanol–water partition coefficient (Wildman–Crippen LogP) is 5.49. The summed E-state index contributed by atoms with van der Waals surface area (Å²) in [4.78, 5) is 16.0. The summed E-state index contributed by atoms with van der Waals surface area (Å²) in [6.45, 7) is 2.12. The fourth-order valence-electron chi connectivity index (χ4n) is 4.42. The first-order valence-electron chi connectivity index (χ1n) is 11.2. The Kier molecular flexibility index (Phi) is 6.93. The zero-order chi connectivity index (χ0) is 23.4. The van der Waals surface area contributed by atoms with Crippen molar-refractivity contribution in [3.8, 4) is 5.75 Å². The first-order valence-corrected chi connectivity index (χ1v) is 11.2. The number of H-pyrrole nitrogens is 1. The lowest BCUT2D eigenvalue weighted by molar-refractivity contribution is -0.147. The molecule has 0 saturated carbocycles. The molecular formula is C25H28F3N3O2. The zero-order valence-corrected chi connectivity index (χ0v) is 18.5. The first-order chi connectivity index (χ1) is 15.8. The molecule has 1 aromatic heterocycles. The summed E-state index contributed by atoms with van der Waals surface area (Å²) >= 11 is 0. The molecular weight excluding hydrogens is 431 g/mol. The van der Waals surface area contributed by atoms with Crippen molar-refractivity contribution >= 4 is 22.5 Å². The van der Waals surface area contributed by atoms with Crippen LogP contribution in [0.15, 0.2) is 48.7 Å². The van der Waals surface area contributed by atoms with Crippen LogP contribution in [0.4, 0.5) is 18.9 Å². The van der Waals surface area contributed by atoms with E-state index in [4.69, 9.17) is 4.74 Å². The molecule has 0 radical (unpaired) electrons. The van der Waals surface area contributed by atoms with Crippen molar-refractivity contribution in [2.24, 2.45) is 0 Å². The summed E-state index contributed by atoms with van der Waals surface area (Å²) in [5.74, 6) is 0.948. The normalized spacial score (nSPS) is 15.6. The van der Waals surface area contributed by atoms with Crippen LogP contribution in [0, 0.1) is 0 Å². The number of hydrogen-bond acceptors (Lipinski definition) is 3. The van der Waals surface area contributed by atoms with E-state index in [1.807, 2.05) is 36.4 Å². The van der Waals surface area contributed by atoms with E-state index in [9.17, 15) is 18.0 Å². The molecule has 2 heterocycles. The monoisotopic (exact) mass is 459 g/mol. The van der Waals surface area contributed by atoms with Gasteiger partial charge in [0.05, 0.1) is 18.8 Å². The van der Waals surface area contributed by atoms with E-state index >= 15 is 0 Å². The van der Waals surface area contributed by atoms with Gasteiger partial charge < -0.3 is 15.0 Å². The van der Waals surface area contributed by atoms with Gasteiger partial charge >= 0.3 is 6.18 Å². The van der Waals surface area contributed by atoms with E-state index in [2.05, 4.69) is 16.4 Å². The molecule has 176 valence electrons. The molecule has 0 atom stereocenters. The molecule has 0 spiro atoms. The van der Waals surface area contributed by atoms with Crippen molar-refractivity contribution in [2.45, 2.75) is 38.3 Å². The van der Waals surface area contributed by atoms with E-state index in [0.717, 1.165) is 52.7 Å². The Balaban J connectivity index is 1.27. The third-order valence-electron chi connectivity index (χ3n) is 6.06. The third-order valence-corrected chi connectivity index (χ3v) is 6.06. The van der Waals surface area contributed by atoms with Gasteiger partial charge in [0.25, 0.3) is 0 Å². The van der Waals surface area contributed by atoms with Gasteiger partial charge in [-0.1, -0.05) is 18.2 Å². The number of rotatable bonds is 7. The Bertz CT molecular complexity index is 1080. The number of amides is 1. The minimum absolute atomic E-state index is 0.111. The molecule has 1 fully saturated rings. The fraction of sp³-hybridized carbons (Fsp3) is 0.400. The number of carbonyl (C=O) groups excluding carboxylic acids is 1. The minimum Gasteiger partial charge on any atom is -0.493 e. The number of anilines is 1. The highest BCUT2D eigenvalue weighted by atomic mass is 19.4. The van der Waals surface area contributed by atoms with Crippen LogP contribution in [0.3, 0.4) is 0 Å². The molecule has 5 nitrogen and oxygen atoms in total. The van der Waals surface area contributed by atoms with Crippen LogP contribution in [0.1, 0.15) is 36.8 Å². The number of benzene rings is 2. The maximum atomic E-state index is 12.6. The predicted molar refractivity (Wildman–Crippen MR) is 123 cm³/mol. The van der Waals surface area contributed by atoms with Crippen LogP contribution < -0.4 is 10.1 Å². The highest BCUT2D eigenvalue weighted by molar-refractivity contribution is 6.01. The Morgan fingerprint density at radius 2 is 1.88 bits per heavy atom.